The van der Waals surface area contributed by atoms with Gasteiger partial charge in [-0.25, -0.2) is 14.6 Å². The molecule has 1 aliphatic rings. The van der Waals surface area contributed by atoms with Crippen LogP contribution in [0.1, 0.15) is 29.8 Å². The summed E-state index contributed by atoms with van der Waals surface area (Å²) < 4.78 is 10.9. The molecule has 1 aromatic heterocycles. The molecule has 8 nitrogen and oxygen atoms in total. The Hall–Kier alpha value is -3.72. The summed E-state index contributed by atoms with van der Waals surface area (Å²) in [5.74, 6) is -1.13. The summed E-state index contributed by atoms with van der Waals surface area (Å²) in [6, 6.07) is 16.9. The molecule has 1 fully saturated rings. The fourth-order valence-corrected chi connectivity index (χ4v) is 4.15. The monoisotopic (exact) mass is 465 g/mol. The number of carbonyl (C=O) groups excluding carboxylic acids is 3. The third-order valence-electron chi connectivity index (χ3n) is 5.25. The molecule has 170 valence electrons. The third kappa shape index (κ3) is 5.56. The molecule has 0 spiro atoms. The van der Waals surface area contributed by atoms with Gasteiger partial charge in [0.1, 0.15) is 18.2 Å². The van der Waals surface area contributed by atoms with Crippen LogP contribution >= 0.6 is 11.3 Å². The van der Waals surface area contributed by atoms with Crippen LogP contribution in [-0.4, -0.2) is 41.1 Å². The van der Waals surface area contributed by atoms with Crippen LogP contribution < -0.4 is 10.6 Å². The number of rotatable bonds is 8. The topological polar surface area (TPSA) is 107 Å². The molecule has 2 heterocycles. The number of hydrogen-bond donors (Lipinski definition) is 2. The molecule has 9 heteroatoms. The van der Waals surface area contributed by atoms with Crippen LogP contribution in [0.5, 0.6) is 0 Å². The summed E-state index contributed by atoms with van der Waals surface area (Å²) >= 11 is 1.39. The number of ether oxygens (including phenoxy) is 2. The number of thiazole rings is 1. The van der Waals surface area contributed by atoms with Crippen LogP contribution in [0.25, 0.3) is 0 Å². The molecule has 0 bridgehead atoms. The van der Waals surface area contributed by atoms with Crippen molar-refractivity contribution < 1.29 is 23.9 Å². The van der Waals surface area contributed by atoms with Crippen molar-refractivity contribution in [1.29, 1.82) is 0 Å². The molecule has 2 aromatic carbocycles. The van der Waals surface area contributed by atoms with Crippen LogP contribution in [0, 0.1) is 0 Å². The quantitative estimate of drug-likeness (QED) is 0.496. The maximum Gasteiger partial charge on any atom is 0.408 e. The van der Waals surface area contributed by atoms with E-state index in [2.05, 4.69) is 15.6 Å². The molecule has 1 saturated heterocycles. The second-order valence-electron chi connectivity index (χ2n) is 7.62. The minimum atomic E-state index is -1.00. The lowest BCUT2D eigenvalue weighted by Crippen LogP contribution is -2.52. The first kappa shape index (κ1) is 22.5. The summed E-state index contributed by atoms with van der Waals surface area (Å²) in [5.41, 5.74) is 3.92. The van der Waals surface area contributed by atoms with E-state index in [0.717, 1.165) is 11.1 Å². The van der Waals surface area contributed by atoms with E-state index in [-0.39, 0.29) is 6.42 Å². The van der Waals surface area contributed by atoms with Crippen molar-refractivity contribution >= 4 is 29.3 Å². The molecule has 2 amide bonds. The Bertz CT molecular complexity index is 1050. The lowest BCUT2D eigenvalue weighted by atomic mass is 10.0. The summed E-state index contributed by atoms with van der Waals surface area (Å²) in [6.45, 7) is 1.61. The maximum atomic E-state index is 13.3. The SMILES string of the molecule is CC1OC(=O)NC1C(=O)N[C@@H](Cc1cscn1)C(=O)OC(c1ccccc1)c1ccccc1. The van der Waals surface area contributed by atoms with E-state index in [1.54, 1.807) is 17.8 Å². The highest BCUT2D eigenvalue weighted by Crippen LogP contribution is 2.26. The van der Waals surface area contributed by atoms with Crippen molar-refractivity contribution in [2.24, 2.45) is 0 Å². The Balaban J connectivity index is 1.56. The zero-order valence-corrected chi connectivity index (χ0v) is 18.7. The molecular formula is C24H23N3O5S. The average molecular weight is 466 g/mol. The van der Waals surface area contributed by atoms with Crippen LogP contribution in [0.15, 0.2) is 71.6 Å². The normalized spacial score (nSPS) is 18.3. The molecule has 33 heavy (non-hydrogen) atoms. The Labute approximate surface area is 194 Å². The highest BCUT2D eigenvalue weighted by atomic mass is 32.1. The Morgan fingerprint density at radius 1 is 1.12 bits per heavy atom. The molecular weight excluding hydrogens is 442 g/mol. The molecule has 0 radical (unpaired) electrons. The Kier molecular flexibility index (Phi) is 6.99. The van der Waals surface area contributed by atoms with Gasteiger partial charge in [-0.2, -0.15) is 0 Å². The summed E-state index contributed by atoms with van der Waals surface area (Å²) in [7, 11) is 0. The van der Waals surface area contributed by atoms with Crippen molar-refractivity contribution in [2.75, 3.05) is 0 Å². The van der Waals surface area contributed by atoms with Crippen LogP contribution in [0.2, 0.25) is 0 Å². The van der Waals surface area contributed by atoms with Gasteiger partial charge in [0.15, 0.2) is 6.10 Å². The summed E-state index contributed by atoms with van der Waals surface area (Å²) in [6.07, 6.45) is -1.83. The molecule has 3 aromatic rings. The number of alkyl carbamates (subject to hydrolysis) is 1. The number of hydrogen-bond acceptors (Lipinski definition) is 7. The molecule has 1 aliphatic heterocycles. The number of nitrogens with zero attached hydrogens (tertiary/aromatic N) is 1. The fourth-order valence-electron chi connectivity index (χ4n) is 3.58. The van der Waals surface area contributed by atoms with Crippen molar-refractivity contribution in [3.8, 4) is 0 Å². The minimum Gasteiger partial charge on any atom is -0.451 e. The van der Waals surface area contributed by atoms with E-state index in [0.29, 0.717) is 5.69 Å². The predicted molar refractivity (Wildman–Crippen MR) is 121 cm³/mol. The number of benzene rings is 2. The van der Waals surface area contributed by atoms with Gasteiger partial charge in [-0.05, 0) is 18.1 Å². The Morgan fingerprint density at radius 3 is 2.27 bits per heavy atom. The van der Waals surface area contributed by atoms with Gasteiger partial charge in [0.2, 0.25) is 5.91 Å². The molecule has 2 N–H and O–H groups in total. The lowest BCUT2D eigenvalue weighted by molar-refractivity contribution is -0.151. The van der Waals surface area contributed by atoms with Crippen molar-refractivity contribution in [3.05, 3.63) is 88.4 Å². The third-order valence-corrected chi connectivity index (χ3v) is 5.89. The predicted octanol–water partition coefficient (Wildman–Crippen LogP) is 3.00. The number of amides is 2. The lowest BCUT2D eigenvalue weighted by Gasteiger charge is -2.24. The van der Waals surface area contributed by atoms with Gasteiger partial charge >= 0.3 is 12.1 Å². The van der Waals surface area contributed by atoms with Crippen molar-refractivity contribution in [1.82, 2.24) is 15.6 Å². The van der Waals surface area contributed by atoms with Crippen molar-refractivity contribution in [2.45, 2.75) is 37.6 Å². The van der Waals surface area contributed by atoms with E-state index in [9.17, 15) is 14.4 Å². The van der Waals surface area contributed by atoms with Gasteiger partial charge in [-0.15, -0.1) is 11.3 Å². The number of nitrogens with one attached hydrogen (secondary N) is 2. The van der Waals surface area contributed by atoms with Gasteiger partial charge in [0, 0.05) is 11.8 Å². The van der Waals surface area contributed by atoms with E-state index in [4.69, 9.17) is 9.47 Å². The minimum absolute atomic E-state index is 0.153. The zero-order valence-electron chi connectivity index (χ0n) is 17.8. The largest absolute Gasteiger partial charge is 0.451 e. The molecule has 0 aliphatic carbocycles. The molecule has 4 rings (SSSR count). The summed E-state index contributed by atoms with van der Waals surface area (Å²) in [5, 5.41) is 6.98. The standard InChI is InChI=1S/C24H23N3O5S/c1-15-20(27-24(30)31-15)22(28)26-19(12-18-13-33-14-25-18)23(29)32-21(16-8-4-2-5-9-16)17-10-6-3-7-11-17/h2-11,13-15,19-21H,12H2,1H3,(H,26,28)(H,27,30)/t15?,19-,20?/m0/s1. The Morgan fingerprint density at radius 2 is 1.76 bits per heavy atom. The first-order valence-electron chi connectivity index (χ1n) is 10.5. The first-order chi connectivity index (χ1) is 16.0. The number of aromatic nitrogens is 1. The fraction of sp³-hybridized carbons (Fsp3) is 0.250. The van der Waals surface area contributed by atoms with Crippen LogP contribution in [-0.2, 0) is 25.5 Å². The summed E-state index contributed by atoms with van der Waals surface area (Å²) in [4.78, 5) is 41.9. The highest BCUT2D eigenvalue weighted by Gasteiger charge is 2.38. The maximum absolute atomic E-state index is 13.3. The average Bonchev–Trinajstić information content (AvgIpc) is 3.46. The number of cyclic esters (lactones) is 1. The van der Waals surface area contributed by atoms with Gasteiger partial charge in [-0.3, -0.25) is 4.79 Å². The van der Waals surface area contributed by atoms with Crippen LogP contribution in [0.3, 0.4) is 0 Å². The second-order valence-corrected chi connectivity index (χ2v) is 8.33. The highest BCUT2D eigenvalue weighted by molar-refractivity contribution is 7.07. The first-order valence-corrected chi connectivity index (χ1v) is 11.4. The zero-order chi connectivity index (χ0) is 23.2. The number of carbonyl (C=O) groups is 3. The van der Waals surface area contributed by atoms with E-state index >= 15 is 0 Å². The van der Waals surface area contributed by atoms with Gasteiger partial charge in [0.25, 0.3) is 0 Å². The van der Waals surface area contributed by atoms with E-state index in [1.165, 1.54) is 11.3 Å². The van der Waals surface area contributed by atoms with Crippen molar-refractivity contribution in [3.63, 3.8) is 0 Å². The van der Waals surface area contributed by atoms with Gasteiger partial charge in [-0.1, -0.05) is 60.7 Å². The van der Waals surface area contributed by atoms with Gasteiger partial charge in [0.05, 0.1) is 11.2 Å². The van der Waals surface area contributed by atoms with Crippen LogP contribution in [0.4, 0.5) is 4.79 Å². The smallest absolute Gasteiger partial charge is 0.408 e. The molecule has 3 atom stereocenters. The second kappa shape index (κ2) is 10.3. The number of esters is 1. The molecule has 0 saturated carbocycles. The van der Waals surface area contributed by atoms with Gasteiger partial charge < -0.3 is 20.1 Å². The van der Waals surface area contributed by atoms with E-state index in [1.807, 2.05) is 60.7 Å². The van der Waals surface area contributed by atoms with E-state index < -0.39 is 42.3 Å². The molecule has 2 unspecified atom stereocenters.